The number of amides is 1. The van der Waals surface area contributed by atoms with Crippen molar-refractivity contribution in [1.29, 1.82) is 0 Å². The molecule has 1 aliphatic rings. The number of para-hydroxylation sites is 1. The van der Waals surface area contributed by atoms with Crippen LogP contribution in [0, 0.1) is 0 Å². The summed E-state index contributed by atoms with van der Waals surface area (Å²) in [6, 6.07) is 12.7. The fraction of sp³-hybridized carbons (Fsp3) is 0.278. The van der Waals surface area contributed by atoms with Crippen molar-refractivity contribution in [2.45, 2.75) is 24.2 Å². The van der Waals surface area contributed by atoms with E-state index < -0.39 is 10.0 Å². The van der Waals surface area contributed by atoms with E-state index in [0.717, 1.165) is 19.3 Å². The number of nitrogens with zero attached hydrogens (tertiary/aromatic N) is 1. The third-order valence-electron chi connectivity index (χ3n) is 4.15. The Morgan fingerprint density at radius 2 is 1.72 bits per heavy atom. The maximum Gasteiger partial charge on any atom is 0.261 e. The van der Waals surface area contributed by atoms with Crippen LogP contribution >= 0.6 is 11.6 Å². The molecule has 2 aromatic rings. The number of benzene rings is 2. The molecule has 0 aromatic heterocycles. The lowest BCUT2D eigenvalue weighted by molar-refractivity contribution is 0.0725. The van der Waals surface area contributed by atoms with Gasteiger partial charge in [0.1, 0.15) is 0 Å². The Hall–Kier alpha value is -2.05. The smallest absolute Gasteiger partial charge is 0.261 e. The number of likely N-dealkylation sites (tertiary alicyclic amines) is 1. The molecule has 3 rings (SSSR count). The van der Waals surface area contributed by atoms with E-state index in [9.17, 15) is 13.2 Å². The molecule has 0 unspecified atom stereocenters. The fourth-order valence-corrected chi connectivity index (χ4v) is 4.24. The second-order valence-electron chi connectivity index (χ2n) is 5.96. The summed E-state index contributed by atoms with van der Waals surface area (Å²) in [6.07, 6.45) is 3.07. The van der Waals surface area contributed by atoms with E-state index >= 15 is 0 Å². The first kappa shape index (κ1) is 17.8. The number of nitrogens with one attached hydrogen (secondary N) is 1. The summed E-state index contributed by atoms with van der Waals surface area (Å²) in [5.41, 5.74) is 0.632. The third kappa shape index (κ3) is 4.14. The van der Waals surface area contributed by atoms with Gasteiger partial charge in [0.15, 0.2) is 0 Å². The van der Waals surface area contributed by atoms with Crippen LogP contribution in [0.4, 0.5) is 5.69 Å². The fourth-order valence-electron chi connectivity index (χ4n) is 2.86. The molecule has 132 valence electrons. The minimum atomic E-state index is -3.83. The summed E-state index contributed by atoms with van der Waals surface area (Å²) in [5, 5.41) is 0.334. The third-order valence-corrected chi connectivity index (χ3v) is 5.75. The molecule has 0 spiro atoms. The number of halogens is 1. The van der Waals surface area contributed by atoms with Crippen molar-refractivity contribution in [1.82, 2.24) is 4.90 Å². The summed E-state index contributed by atoms with van der Waals surface area (Å²) < 4.78 is 27.7. The maximum atomic E-state index is 12.8. The van der Waals surface area contributed by atoms with Crippen LogP contribution in [0.25, 0.3) is 0 Å². The molecule has 0 bridgehead atoms. The zero-order valence-electron chi connectivity index (χ0n) is 13.6. The van der Waals surface area contributed by atoms with Gasteiger partial charge in [-0.3, -0.25) is 9.52 Å². The first-order valence-electron chi connectivity index (χ1n) is 8.14. The number of rotatable bonds is 4. The lowest BCUT2D eigenvalue weighted by Gasteiger charge is -2.27. The van der Waals surface area contributed by atoms with Crippen LogP contribution < -0.4 is 4.72 Å². The number of hydrogen-bond donors (Lipinski definition) is 1. The molecule has 1 saturated heterocycles. The van der Waals surface area contributed by atoms with Gasteiger partial charge in [-0.2, -0.15) is 0 Å². The predicted molar refractivity (Wildman–Crippen MR) is 98.5 cm³/mol. The van der Waals surface area contributed by atoms with Gasteiger partial charge in [0, 0.05) is 18.1 Å². The Kier molecular flexibility index (Phi) is 5.30. The quantitative estimate of drug-likeness (QED) is 0.880. The summed E-state index contributed by atoms with van der Waals surface area (Å²) in [6.45, 7) is 1.41. The Morgan fingerprint density at radius 1 is 1.00 bits per heavy atom. The molecule has 7 heteroatoms. The molecule has 5 nitrogen and oxygen atoms in total. The van der Waals surface area contributed by atoms with E-state index in [1.165, 1.54) is 12.1 Å². The van der Waals surface area contributed by atoms with Crippen LogP contribution in [-0.2, 0) is 10.0 Å². The van der Waals surface area contributed by atoms with Crippen molar-refractivity contribution in [3.05, 3.63) is 59.1 Å². The number of carbonyl (C=O) groups excluding carboxylic acids is 1. The van der Waals surface area contributed by atoms with E-state index in [1.54, 1.807) is 41.3 Å². The number of piperidine rings is 1. The van der Waals surface area contributed by atoms with Gasteiger partial charge in [0.2, 0.25) is 0 Å². The molecule has 0 atom stereocenters. The van der Waals surface area contributed by atoms with Crippen LogP contribution in [0.3, 0.4) is 0 Å². The molecule has 1 N–H and O–H groups in total. The lowest BCUT2D eigenvalue weighted by Crippen LogP contribution is -2.36. The highest BCUT2D eigenvalue weighted by Gasteiger charge is 2.23. The topological polar surface area (TPSA) is 66.5 Å². The van der Waals surface area contributed by atoms with Crippen LogP contribution in [0.1, 0.15) is 29.6 Å². The molecule has 25 heavy (non-hydrogen) atoms. The summed E-state index contributed by atoms with van der Waals surface area (Å²) in [5.74, 6) is -0.149. The number of carbonyl (C=O) groups is 1. The zero-order valence-corrected chi connectivity index (χ0v) is 15.2. The highest BCUT2D eigenvalue weighted by Crippen LogP contribution is 2.24. The minimum absolute atomic E-state index is 0.0558. The standard InChI is InChI=1S/C18H19ClN2O3S/c19-14-7-6-8-15(13-14)25(23,24)20-17-10-3-2-9-16(17)18(22)21-11-4-1-5-12-21/h2-3,6-10,13,20H,1,4-5,11-12H2. The van der Waals surface area contributed by atoms with Crippen LogP contribution in [0.2, 0.25) is 5.02 Å². The molecule has 1 amide bonds. The van der Waals surface area contributed by atoms with Crippen molar-refractivity contribution in [3.8, 4) is 0 Å². The SMILES string of the molecule is O=C(c1ccccc1NS(=O)(=O)c1cccc(Cl)c1)N1CCCCC1. The van der Waals surface area contributed by atoms with Gasteiger partial charge < -0.3 is 4.90 Å². The Labute approximate surface area is 152 Å². The minimum Gasteiger partial charge on any atom is -0.339 e. The average molecular weight is 379 g/mol. The monoisotopic (exact) mass is 378 g/mol. The van der Waals surface area contributed by atoms with Gasteiger partial charge in [-0.1, -0.05) is 29.8 Å². The highest BCUT2D eigenvalue weighted by atomic mass is 35.5. The van der Waals surface area contributed by atoms with E-state index in [1.807, 2.05) is 0 Å². The number of hydrogen-bond acceptors (Lipinski definition) is 3. The molecule has 0 aliphatic carbocycles. The molecule has 1 heterocycles. The van der Waals surface area contributed by atoms with Gasteiger partial charge >= 0.3 is 0 Å². The summed E-state index contributed by atoms with van der Waals surface area (Å²) >= 11 is 5.88. The molecule has 0 radical (unpaired) electrons. The first-order chi connectivity index (χ1) is 12.0. The molecule has 1 aliphatic heterocycles. The van der Waals surface area contributed by atoms with Gasteiger partial charge in [-0.25, -0.2) is 8.42 Å². The molecule has 2 aromatic carbocycles. The second-order valence-corrected chi connectivity index (χ2v) is 8.08. The van der Waals surface area contributed by atoms with Crippen molar-refractivity contribution in [3.63, 3.8) is 0 Å². The molecular formula is C18H19ClN2O3S. The van der Waals surface area contributed by atoms with Crippen molar-refractivity contribution < 1.29 is 13.2 Å². The van der Waals surface area contributed by atoms with Gasteiger partial charge in [-0.15, -0.1) is 0 Å². The maximum absolute atomic E-state index is 12.8. The van der Waals surface area contributed by atoms with Crippen molar-refractivity contribution >= 4 is 33.2 Å². The summed E-state index contributed by atoms with van der Waals surface area (Å²) in [4.78, 5) is 14.6. The number of sulfonamides is 1. The first-order valence-corrected chi connectivity index (χ1v) is 10.0. The van der Waals surface area contributed by atoms with Crippen molar-refractivity contribution in [2.24, 2.45) is 0 Å². The van der Waals surface area contributed by atoms with Crippen molar-refractivity contribution in [2.75, 3.05) is 17.8 Å². The molecule has 1 fully saturated rings. The lowest BCUT2D eigenvalue weighted by atomic mass is 10.1. The van der Waals surface area contributed by atoms with Crippen LogP contribution in [-0.4, -0.2) is 32.3 Å². The van der Waals surface area contributed by atoms with Gasteiger partial charge in [0.25, 0.3) is 15.9 Å². The Morgan fingerprint density at radius 3 is 2.44 bits per heavy atom. The Bertz CT molecular complexity index is 877. The normalized spacial score (nSPS) is 15.0. The average Bonchev–Trinajstić information content (AvgIpc) is 2.62. The largest absolute Gasteiger partial charge is 0.339 e. The van der Waals surface area contributed by atoms with E-state index in [0.29, 0.717) is 23.7 Å². The Balaban J connectivity index is 1.89. The highest BCUT2D eigenvalue weighted by molar-refractivity contribution is 7.92. The van der Waals surface area contributed by atoms with Crippen LogP contribution in [0.15, 0.2) is 53.4 Å². The van der Waals surface area contributed by atoms with Gasteiger partial charge in [-0.05, 0) is 49.6 Å². The summed E-state index contributed by atoms with van der Waals surface area (Å²) in [7, 11) is -3.83. The van der Waals surface area contributed by atoms with Crippen LogP contribution in [0.5, 0.6) is 0 Å². The molecular weight excluding hydrogens is 360 g/mol. The number of anilines is 1. The zero-order chi connectivity index (χ0) is 17.9. The molecule has 0 saturated carbocycles. The second kappa shape index (κ2) is 7.45. The van der Waals surface area contributed by atoms with E-state index in [-0.39, 0.29) is 16.5 Å². The van der Waals surface area contributed by atoms with Gasteiger partial charge in [0.05, 0.1) is 16.1 Å². The van der Waals surface area contributed by atoms with E-state index in [2.05, 4.69) is 4.72 Å². The van der Waals surface area contributed by atoms with E-state index in [4.69, 9.17) is 11.6 Å². The predicted octanol–water partition coefficient (Wildman–Crippen LogP) is 3.77.